The SMILES string of the molecule is COc1ccccc1Sc1[nH]c2c(Br)ccc(Cl)c2c(=O)c1C(C)=O. The van der Waals surface area contributed by atoms with Gasteiger partial charge in [-0.05, 0) is 47.1 Å². The van der Waals surface area contributed by atoms with Crippen LogP contribution in [0.15, 0.2) is 55.6 Å². The lowest BCUT2D eigenvalue weighted by atomic mass is 10.1. The number of methoxy groups -OCH3 is 1. The fraction of sp³-hybridized carbons (Fsp3) is 0.111. The number of para-hydroxylation sites is 1. The molecule has 1 aromatic heterocycles. The van der Waals surface area contributed by atoms with E-state index in [4.69, 9.17) is 16.3 Å². The molecule has 3 aromatic rings. The highest BCUT2D eigenvalue weighted by atomic mass is 79.9. The van der Waals surface area contributed by atoms with Crippen molar-refractivity contribution in [2.24, 2.45) is 0 Å². The Kier molecular flexibility index (Phi) is 5.22. The number of aromatic amines is 1. The lowest BCUT2D eigenvalue weighted by Gasteiger charge is -2.12. The molecule has 1 heterocycles. The zero-order valence-corrected chi connectivity index (χ0v) is 16.5. The topological polar surface area (TPSA) is 59.2 Å². The lowest BCUT2D eigenvalue weighted by molar-refractivity contribution is 0.101. The second-order valence-corrected chi connectivity index (χ2v) is 7.56. The highest BCUT2D eigenvalue weighted by Crippen LogP contribution is 2.37. The van der Waals surface area contributed by atoms with Crippen LogP contribution in [-0.4, -0.2) is 17.9 Å². The molecule has 3 rings (SSSR count). The summed E-state index contributed by atoms with van der Waals surface area (Å²) in [5, 5.41) is 1.05. The van der Waals surface area contributed by atoms with Crippen LogP contribution in [0, 0.1) is 0 Å². The molecule has 0 atom stereocenters. The van der Waals surface area contributed by atoms with Gasteiger partial charge < -0.3 is 9.72 Å². The van der Waals surface area contributed by atoms with Crippen LogP contribution in [0.1, 0.15) is 17.3 Å². The molecule has 0 radical (unpaired) electrons. The predicted molar refractivity (Wildman–Crippen MR) is 104 cm³/mol. The second-order valence-electron chi connectivity index (χ2n) is 5.25. The van der Waals surface area contributed by atoms with Crippen molar-refractivity contribution in [1.82, 2.24) is 4.98 Å². The molecule has 0 fully saturated rings. The van der Waals surface area contributed by atoms with Gasteiger partial charge in [0.2, 0.25) is 5.43 Å². The van der Waals surface area contributed by atoms with E-state index in [1.165, 1.54) is 18.7 Å². The number of ketones is 1. The molecule has 128 valence electrons. The van der Waals surface area contributed by atoms with Gasteiger partial charge in [-0.1, -0.05) is 35.5 Å². The van der Waals surface area contributed by atoms with Gasteiger partial charge in [0.1, 0.15) is 5.75 Å². The summed E-state index contributed by atoms with van der Waals surface area (Å²) in [6.07, 6.45) is 0. The number of Topliss-reactive ketones (excluding diaryl/α,β-unsaturated/α-hetero) is 1. The summed E-state index contributed by atoms with van der Waals surface area (Å²) < 4.78 is 6.05. The summed E-state index contributed by atoms with van der Waals surface area (Å²) in [6.45, 7) is 1.37. The van der Waals surface area contributed by atoms with Crippen molar-refractivity contribution < 1.29 is 9.53 Å². The molecular weight excluding hydrogens is 426 g/mol. The molecule has 1 N–H and O–H groups in total. The number of carbonyl (C=O) groups is 1. The quantitative estimate of drug-likeness (QED) is 0.561. The van der Waals surface area contributed by atoms with Crippen molar-refractivity contribution in [3.05, 3.63) is 61.7 Å². The monoisotopic (exact) mass is 437 g/mol. The summed E-state index contributed by atoms with van der Waals surface area (Å²) >= 11 is 10.9. The van der Waals surface area contributed by atoms with Crippen LogP contribution in [0.4, 0.5) is 0 Å². The Hall–Kier alpha value is -1.76. The van der Waals surface area contributed by atoms with Crippen LogP contribution in [0.2, 0.25) is 5.02 Å². The summed E-state index contributed by atoms with van der Waals surface area (Å²) in [5.41, 5.74) is 0.258. The molecule has 0 bridgehead atoms. The second kappa shape index (κ2) is 7.23. The third-order valence-electron chi connectivity index (χ3n) is 3.66. The number of hydrogen-bond donors (Lipinski definition) is 1. The van der Waals surface area contributed by atoms with Crippen LogP contribution in [0.25, 0.3) is 10.9 Å². The van der Waals surface area contributed by atoms with Gasteiger partial charge >= 0.3 is 0 Å². The maximum atomic E-state index is 12.9. The van der Waals surface area contributed by atoms with Crippen molar-refractivity contribution in [3.8, 4) is 5.75 Å². The fourth-order valence-corrected chi connectivity index (χ4v) is 4.29. The summed E-state index contributed by atoms with van der Waals surface area (Å²) in [5.74, 6) is 0.338. The van der Waals surface area contributed by atoms with Gasteiger partial charge in [0, 0.05) is 4.47 Å². The minimum absolute atomic E-state index is 0.0865. The minimum atomic E-state index is -0.384. The zero-order chi connectivity index (χ0) is 18.1. The smallest absolute Gasteiger partial charge is 0.202 e. The number of nitrogens with one attached hydrogen (secondary N) is 1. The molecule has 0 saturated heterocycles. The number of aromatic nitrogens is 1. The number of rotatable bonds is 4. The van der Waals surface area contributed by atoms with E-state index in [9.17, 15) is 9.59 Å². The number of halogens is 2. The number of pyridine rings is 1. The first-order valence-corrected chi connectivity index (χ1v) is 9.28. The Balaban J connectivity index is 2.31. The summed E-state index contributed by atoms with van der Waals surface area (Å²) in [6, 6.07) is 10.8. The third kappa shape index (κ3) is 3.34. The van der Waals surface area contributed by atoms with Gasteiger partial charge in [-0.15, -0.1) is 0 Å². The van der Waals surface area contributed by atoms with Crippen molar-refractivity contribution >= 4 is 56.0 Å². The number of benzene rings is 2. The average molecular weight is 439 g/mol. The maximum absolute atomic E-state index is 12.9. The van der Waals surface area contributed by atoms with Crippen molar-refractivity contribution in [3.63, 3.8) is 0 Å². The molecule has 0 aliphatic carbocycles. The van der Waals surface area contributed by atoms with Gasteiger partial charge in [0.25, 0.3) is 0 Å². The fourth-order valence-electron chi connectivity index (χ4n) is 2.51. The largest absolute Gasteiger partial charge is 0.496 e. The van der Waals surface area contributed by atoms with Gasteiger partial charge in [-0.2, -0.15) is 0 Å². The Morgan fingerprint density at radius 3 is 2.64 bits per heavy atom. The number of hydrogen-bond acceptors (Lipinski definition) is 4. The van der Waals surface area contributed by atoms with E-state index in [2.05, 4.69) is 20.9 Å². The van der Waals surface area contributed by atoms with Gasteiger partial charge in [-0.25, -0.2) is 0 Å². The molecule has 0 unspecified atom stereocenters. The Labute approximate surface area is 161 Å². The van der Waals surface area contributed by atoms with E-state index in [-0.39, 0.29) is 16.8 Å². The first kappa shape index (κ1) is 18.0. The van der Waals surface area contributed by atoms with Gasteiger partial charge in [0.05, 0.1) is 38.5 Å². The van der Waals surface area contributed by atoms with Crippen molar-refractivity contribution in [2.45, 2.75) is 16.8 Å². The van der Waals surface area contributed by atoms with E-state index < -0.39 is 0 Å². The first-order valence-electron chi connectivity index (χ1n) is 7.29. The van der Waals surface area contributed by atoms with E-state index in [0.717, 1.165) is 4.90 Å². The molecule has 25 heavy (non-hydrogen) atoms. The number of ether oxygens (including phenoxy) is 1. The number of fused-ring (bicyclic) bond motifs is 1. The van der Waals surface area contributed by atoms with Crippen molar-refractivity contribution in [1.29, 1.82) is 0 Å². The van der Waals surface area contributed by atoms with E-state index in [1.54, 1.807) is 19.2 Å². The molecule has 0 aliphatic rings. The molecular formula is C18H13BrClNO3S. The number of carbonyl (C=O) groups excluding carboxylic acids is 1. The Morgan fingerprint density at radius 1 is 1.24 bits per heavy atom. The number of H-pyrrole nitrogens is 1. The maximum Gasteiger partial charge on any atom is 0.202 e. The van der Waals surface area contributed by atoms with Gasteiger partial charge in [0.15, 0.2) is 5.78 Å². The van der Waals surface area contributed by atoms with Crippen LogP contribution in [0.3, 0.4) is 0 Å². The Morgan fingerprint density at radius 2 is 1.96 bits per heavy atom. The lowest BCUT2D eigenvalue weighted by Crippen LogP contribution is -2.17. The highest BCUT2D eigenvalue weighted by molar-refractivity contribution is 9.10. The Bertz CT molecular complexity index is 1050. The zero-order valence-electron chi connectivity index (χ0n) is 13.4. The summed E-state index contributed by atoms with van der Waals surface area (Å²) in [7, 11) is 1.57. The predicted octanol–water partition coefficient (Wildman–Crippen LogP) is 5.31. The molecule has 0 amide bonds. The highest BCUT2D eigenvalue weighted by Gasteiger charge is 2.20. The van der Waals surface area contributed by atoms with E-state index in [1.807, 2.05) is 24.3 Å². The molecule has 7 heteroatoms. The first-order chi connectivity index (χ1) is 11.9. The van der Waals surface area contributed by atoms with E-state index in [0.29, 0.717) is 31.2 Å². The summed E-state index contributed by atoms with van der Waals surface area (Å²) in [4.78, 5) is 29.0. The molecule has 0 saturated carbocycles. The normalized spacial score (nSPS) is 10.9. The third-order valence-corrected chi connectivity index (χ3v) is 5.70. The van der Waals surface area contributed by atoms with Crippen LogP contribution < -0.4 is 10.2 Å². The van der Waals surface area contributed by atoms with Crippen LogP contribution in [-0.2, 0) is 0 Å². The molecule has 0 aliphatic heterocycles. The van der Waals surface area contributed by atoms with Crippen LogP contribution >= 0.6 is 39.3 Å². The average Bonchev–Trinajstić information content (AvgIpc) is 2.58. The van der Waals surface area contributed by atoms with Crippen molar-refractivity contribution in [2.75, 3.05) is 7.11 Å². The molecule has 2 aromatic carbocycles. The van der Waals surface area contributed by atoms with Gasteiger partial charge in [-0.3, -0.25) is 9.59 Å². The molecule has 0 spiro atoms. The standard InChI is InChI=1S/C18H13BrClNO3S/c1-9(22)14-17(23)15-11(20)8-7-10(19)16(15)21-18(14)25-13-6-4-3-5-12(13)24-2/h3-8H,1-2H3,(H,21,23). The van der Waals surface area contributed by atoms with E-state index >= 15 is 0 Å². The molecule has 4 nitrogen and oxygen atoms in total. The van der Waals surface area contributed by atoms with Crippen LogP contribution in [0.5, 0.6) is 5.75 Å². The minimum Gasteiger partial charge on any atom is -0.496 e.